The van der Waals surface area contributed by atoms with Crippen LogP contribution in [0, 0.1) is 11.6 Å². The monoisotopic (exact) mass is 547 g/mol. The van der Waals surface area contributed by atoms with Gasteiger partial charge in [-0.25, -0.2) is 8.78 Å². The van der Waals surface area contributed by atoms with E-state index < -0.39 is 47.7 Å². The molecule has 3 rings (SSSR count). The second kappa shape index (κ2) is 12.1. The van der Waals surface area contributed by atoms with Crippen LogP contribution >= 0.6 is 11.6 Å². The molecule has 1 fully saturated rings. The van der Waals surface area contributed by atoms with Gasteiger partial charge in [-0.15, -0.1) is 0 Å². The van der Waals surface area contributed by atoms with Gasteiger partial charge in [0.05, 0.1) is 29.4 Å². The van der Waals surface area contributed by atoms with Crippen molar-refractivity contribution in [1.82, 2.24) is 10.2 Å². The minimum absolute atomic E-state index is 0.105. The first-order valence-corrected chi connectivity index (χ1v) is 11.9. The summed E-state index contributed by atoms with van der Waals surface area (Å²) in [4.78, 5) is 28.0. The Kier molecular flexibility index (Phi) is 9.32. The van der Waals surface area contributed by atoms with Crippen molar-refractivity contribution in [2.24, 2.45) is 5.73 Å². The Hall–Kier alpha value is -2.96. The molecule has 37 heavy (non-hydrogen) atoms. The summed E-state index contributed by atoms with van der Waals surface area (Å²) in [7, 11) is 0. The first-order valence-electron chi connectivity index (χ1n) is 11.5. The highest BCUT2D eigenvalue weighted by Gasteiger charge is 2.29. The molecule has 1 atom stereocenters. The van der Waals surface area contributed by atoms with Gasteiger partial charge in [-0.2, -0.15) is 13.2 Å². The molecule has 0 unspecified atom stereocenters. The molecule has 0 radical (unpaired) electrons. The smallest absolute Gasteiger partial charge is 0.367 e. The Balaban J connectivity index is 1.71. The van der Waals surface area contributed by atoms with Gasteiger partial charge in [0.2, 0.25) is 5.91 Å². The summed E-state index contributed by atoms with van der Waals surface area (Å²) in [5, 5.41) is 5.30. The SMILES string of the molecule is C[C@@H](N)C(=O)NCc1ccc(C(=O)Nc2ccc(Cl)cc2N2CCN(CCC(F)(F)F)CC2)c(F)c1F. The predicted molar refractivity (Wildman–Crippen MR) is 131 cm³/mol. The molecule has 0 aliphatic carbocycles. The number of carbonyl (C=O) groups is 2. The van der Waals surface area contributed by atoms with E-state index >= 15 is 0 Å². The molecule has 2 amide bonds. The van der Waals surface area contributed by atoms with Crippen molar-refractivity contribution >= 4 is 34.8 Å². The number of amides is 2. The number of hydrogen-bond acceptors (Lipinski definition) is 5. The maximum absolute atomic E-state index is 14.7. The van der Waals surface area contributed by atoms with Gasteiger partial charge >= 0.3 is 6.18 Å². The van der Waals surface area contributed by atoms with Crippen LogP contribution in [0.2, 0.25) is 5.02 Å². The number of piperazine rings is 1. The van der Waals surface area contributed by atoms with Crippen LogP contribution in [0.3, 0.4) is 0 Å². The molecule has 0 saturated carbocycles. The molecule has 13 heteroatoms. The van der Waals surface area contributed by atoms with E-state index in [4.69, 9.17) is 17.3 Å². The summed E-state index contributed by atoms with van der Waals surface area (Å²) < 4.78 is 66.9. The van der Waals surface area contributed by atoms with Gasteiger partial charge in [0.25, 0.3) is 5.91 Å². The molecule has 0 aromatic heterocycles. The Morgan fingerprint density at radius 2 is 1.76 bits per heavy atom. The number of benzene rings is 2. The van der Waals surface area contributed by atoms with E-state index in [1.165, 1.54) is 25.1 Å². The summed E-state index contributed by atoms with van der Waals surface area (Å²) in [6.07, 6.45) is -5.13. The average Bonchev–Trinajstić information content (AvgIpc) is 2.84. The van der Waals surface area contributed by atoms with Crippen molar-refractivity contribution in [2.75, 3.05) is 42.9 Å². The summed E-state index contributed by atoms with van der Waals surface area (Å²) >= 11 is 6.13. The average molecular weight is 548 g/mol. The topological polar surface area (TPSA) is 90.7 Å². The first-order chi connectivity index (χ1) is 17.4. The molecule has 7 nitrogen and oxygen atoms in total. The molecule has 0 bridgehead atoms. The number of rotatable bonds is 8. The molecular weight excluding hydrogens is 521 g/mol. The fourth-order valence-electron chi connectivity index (χ4n) is 3.80. The Bertz CT molecular complexity index is 1140. The molecule has 1 aliphatic rings. The van der Waals surface area contributed by atoms with Gasteiger partial charge in [0.1, 0.15) is 0 Å². The van der Waals surface area contributed by atoms with Crippen LogP contribution in [0.1, 0.15) is 29.3 Å². The standard InChI is InChI=1S/C24H27ClF5N5O2/c1-14(31)22(36)32-13-15-2-4-17(21(27)20(15)26)23(37)33-18-5-3-16(25)12-19(18)35-10-8-34(9-11-35)7-6-24(28,29)30/h2-5,12,14H,6-11,13,31H2,1H3,(H,32,36)(H,33,37)/t14-/m1/s1. The maximum Gasteiger partial charge on any atom is 0.390 e. The lowest BCUT2D eigenvalue weighted by Crippen LogP contribution is -2.47. The van der Waals surface area contributed by atoms with Crippen LogP contribution in [-0.4, -0.2) is 61.7 Å². The van der Waals surface area contributed by atoms with E-state index in [-0.39, 0.29) is 24.3 Å². The van der Waals surface area contributed by atoms with Crippen molar-refractivity contribution < 1.29 is 31.5 Å². The molecule has 2 aromatic carbocycles. The first kappa shape index (κ1) is 28.6. The molecule has 1 aliphatic heterocycles. The highest BCUT2D eigenvalue weighted by Crippen LogP contribution is 2.31. The molecule has 2 aromatic rings. The zero-order valence-electron chi connectivity index (χ0n) is 20.0. The van der Waals surface area contributed by atoms with Crippen LogP contribution in [0.15, 0.2) is 30.3 Å². The van der Waals surface area contributed by atoms with Gasteiger partial charge in [-0.1, -0.05) is 17.7 Å². The fraction of sp³-hybridized carbons (Fsp3) is 0.417. The van der Waals surface area contributed by atoms with E-state index in [1.54, 1.807) is 11.0 Å². The summed E-state index contributed by atoms with van der Waals surface area (Å²) in [5.41, 5.74) is 5.52. The van der Waals surface area contributed by atoms with E-state index in [0.29, 0.717) is 36.9 Å². The highest BCUT2D eigenvalue weighted by molar-refractivity contribution is 6.31. The third-order valence-electron chi connectivity index (χ3n) is 5.91. The van der Waals surface area contributed by atoms with E-state index in [2.05, 4.69) is 10.6 Å². The Labute approximate surface area is 215 Å². The van der Waals surface area contributed by atoms with E-state index in [9.17, 15) is 31.5 Å². The lowest BCUT2D eigenvalue weighted by Gasteiger charge is -2.37. The lowest BCUT2D eigenvalue weighted by molar-refractivity contribution is -0.138. The second-order valence-corrected chi connectivity index (χ2v) is 9.15. The van der Waals surface area contributed by atoms with Crippen molar-refractivity contribution in [3.05, 3.63) is 58.1 Å². The minimum Gasteiger partial charge on any atom is -0.367 e. The van der Waals surface area contributed by atoms with Crippen LogP contribution < -0.4 is 21.3 Å². The van der Waals surface area contributed by atoms with Crippen molar-refractivity contribution in [2.45, 2.75) is 32.1 Å². The second-order valence-electron chi connectivity index (χ2n) is 8.72. The molecule has 0 spiro atoms. The Morgan fingerprint density at radius 3 is 2.38 bits per heavy atom. The van der Waals surface area contributed by atoms with E-state index in [1.807, 2.05) is 4.90 Å². The third kappa shape index (κ3) is 7.76. The molecule has 202 valence electrons. The third-order valence-corrected chi connectivity index (χ3v) is 6.14. The molecule has 1 saturated heterocycles. The van der Waals surface area contributed by atoms with Crippen LogP contribution in [0.25, 0.3) is 0 Å². The molecule has 4 N–H and O–H groups in total. The molecular formula is C24H27ClF5N5O2. The fourth-order valence-corrected chi connectivity index (χ4v) is 3.97. The van der Waals surface area contributed by atoms with E-state index in [0.717, 1.165) is 6.07 Å². The van der Waals surface area contributed by atoms with Crippen LogP contribution in [-0.2, 0) is 11.3 Å². The van der Waals surface area contributed by atoms with Crippen LogP contribution in [0.4, 0.5) is 33.3 Å². The summed E-state index contributed by atoms with van der Waals surface area (Å²) in [6.45, 7) is 2.54. The van der Waals surface area contributed by atoms with Crippen LogP contribution in [0.5, 0.6) is 0 Å². The number of nitrogens with one attached hydrogen (secondary N) is 2. The number of alkyl halides is 3. The van der Waals surface area contributed by atoms with Crippen molar-refractivity contribution in [3.63, 3.8) is 0 Å². The zero-order valence-corrected chi connectivity index (χ0v) is 20.7. The van der Waals surface area contributed by atoms with Crippen molar-refractivity contribution in [3.8, 4) is 0 Å². The van der Waals surface area contributed by atoms with Gasteiger partial charge < -0.3 is 21.3 Å². The lowest BCUT2D eigenvalue weighted by atomic mass is 10.1. The summed E-state index contributed by atoms with van der Waals surface area (Å²) in [5.74, 6) is -4.10. The maximum atomic E-state index is 14.7. The largest absolute Gasteiger partial charge is 0.390 e. The van der Waals surface area contributed by atoms with Gasteiger partial charge in [0, 0.05) is 49.9 Å². The van der Waals surface area contributed by atoms with Gasteiger partial charge in [-0.05, 0) is 31.2 Å². The number of nitrogens with two attached hydrogens (primary N) is 1. The highest BCUT2D eigenvalue weighted by atomic mass is 35.5. The quantitative estimate of drug-likeness (QED) is 0.436. The normalized spacial score (nSPS) is 15.4. The predicted octanol–water partition coefficient (Wildman–Crippen LogP) is 3.91. The number of carbonyl (C=O) groups excluding carboxylic acids is 2. The van der Waals surface area contributed by atoms with Gasteiger partial charge in [0.15, 0.2) is 11.6 Å². The van der Waals surface area contributed by atoms with Gasteiger partial charge in [-0.3, -0.25) is 14.5 Å². The number of anilines is 2. The molecule has 1 heterocycles. The van der Waals surface area contributed by atoms with Crippen molar-refractivity contribution in [1.29, 1.82) is 0 Å². The zero-order chi connectivity index (χ0) is 27.3. The number of halogens is 6. The Morgan fingerprint density at radius 1 is 1.08 bits per heavy atom. The summed E-state index contributed by atoms with van der Waals surface area (Å²) in [6, 6.07) is 6.09. The number of hydrogen-bond donors (Lipinski definition) is 3. The number of nitrogens with zero attached hydrogens (tertiary/aromatic N) is 2. The minimum atomic E-state index is -4.23.